The van der Waals surface area contributed by atoms with Crippen LogP contribution in [0.25, 0.3) is 0 Å². The molecule has 1 saturated heterocycles. The van der Waals surface area contributed by atoms with Crippen molar-refractivity contribution in [3.05, 3.63) is 57.1 Å². The van der Waals surface area contributed by atoms with Crippen LogP contribution in [0, 0.1) is 10.1 Å². The molecule has 0 aromatic heterocycles. The molecule has 0 aliphatic carbocycles. The Bertz CT molecular complexity index is 902. The van der Waals surface area contributed by atoms with Gasteiger partial charge in [-0.3, -0.25) is 14.9 Å². The van der Waals surface area contributed by atoms with Gasteiger partial charge in [-0.05, 0) is 56.5 Å². The van der Waals surface area contributed by atoms with Gasteiger partial charge in [0.1, 0.15) is 0 Å². The Morgan fingerprint density at radius 2 is 1.93 bits per heavy atom. The van der Waals surface area contributed by atoms with Crippen molar-refractivity contribution in [3.8, 4) is 17.2 Å². The predicted octanol–water partition coefficient (Wildman–Crippen LogP) is 5.06. The summed E-state index contributed by atoms with van der Waals surface area (Å²) in [6, 6.07) is 9.17. The molecule has 0 spiro atoms. The van der Waals surface area contributed by atoms with E-state index in [1.165, 1.54) is 25.3 Å². The van der Waals surface area contributed by atoms with Crippen LogP contribution in [0.4, 0.5) is 5.69 Å². The van der Waals surface area contributed by atoms with Crippen LogP contribution in [-0.4, -0.2) is 35.4 Å². The molecule has 1 amide bonds. The highest BCUT2D eigenvalue weighted by molar-refractivity contribution is 6.30. The monoisotopic (exact) mass is 404 g/mol. The number of ether oxygens (including phenoxy) is 2. The first-order chi connectivity index (χ1) is 13.4. The van der Waals surface area contributed by atoms with Crippen LogP contribution in [0.3, 0.4) is 0 Å². The van der Waals surface area contributed by atoms with Crippen LogP contribution in [0.2, 0.25) is 5.02 Å². The van der Waals surface area contributed by atoms with Crippen molar-refractivity contribution in [1.82, 2.24) is 4.90 Å². The Morgan fingerprint density at radius 1 is 1.18 bits per heavy atom. The number of benzene rings is 2. The minimum absolute atomic E-state index is 0.0384. The number of amides is 1. The number of halogens is 1. The number of rotatable bonds is 5. The molecule has 148 valence electrons. The molecular formula is C20H21ClN2O5. The van der Waals surface area contributed by atoms with E-state index in [2.05, 4.69) is 0 Å². The lowest BCUT2D eigenvalue weighted by Crippen LogP contribution is -2.42. The van der Waals surface area contributed by atoms with Crippen molar-refractivity contribution >= 4 is 23.2 Å². The van der Waals surface area contributed by atoms with Gasteiger partial charge in [0.2, 0.25) is 5.75 Å². The standard InChI is InChI=1S/C20H21ClN2O5/c1-13-5-3-4-10-22(13)20(24)14-6-8-18(19(11-14)27-2)28-17-9-7-15(21)12-16(17)23(25)26/h6-9,11-13H,3-5,10H2,1-2H3. The van der Waals surface area contributed by atoms with Crippen LogP contribution in [-0.2, 0) is 0 Å². The Labute approximate surface area is 168 Å². The van der Waals surface area contributed by atoms with Gasteiger partial charge in [0.25, 0.3) is 5.91 Å². The van der Waals surface area contributed by atoms with E-state index in [-0.39, 0.29) is 34.2 Å². The first-order valence-corrected chi connectivity index (χ1v) is 9.39. The van der Waals surface area contributed by atoms with Gasteiger partial charge in [0.05, 0.1) is 12.0 Å². The zero-order valence-electron chi connectivity index (χ0n) is 15.7. The maximum atomic E-state index is 12.9. The highest BCUT2D eigenvalue weighted by atomic mass is 35.5. The van der Waals surface area contributed by atoms with Gasteiger partial charge >= 0.3 is 5.69 Å². The van der Waals surface area contributed by atoms with Crippen LogP contribution in [0.15, 0.2) is 36.4 Å². The van der Waals surface area contributed by atoms with E-state index >= 15 is 0 Å². The predicted molar refractivity (Wildman–Crippen MR) is 106 cm³/mol. The largest absolute Gasteiger partial charge is 0.493 e. The summed E-state index contributed by atoms with van der Waals surface area (Å²) >= 11 is 5.84. The number of nitrogens with zero attached hydrogens (tertiary/aromatic N) is 2. The summed E-state index contributed by atoms with van der Waals surface area (Å²) < 4.78 is 11.1. The number of hydrogen-bond donors (Lipinski definition) is 0. The topological polar surface area (TPSA) is 81.9 Å². The van der Waals surface area contributed by atoms with Gasteiger partial charge in [-0.15, -0.1) is 0 Å². The lowest BCUT2D eigenvalue weighted by atomic mass is 10.0. The van der Waals surface area contributed by atoms with E-state index in [1.807, 2.05) is 11.8 Å². The van der Waals surface area contributed by atoms with Crippen molar-refractivity contribution in [1.29, 1.82) is 0 Å². The fourth-order valence-electron chi connectivity index (χ4n) is 3.29. The Hall–Kier alpha value is -2.80. The van der Waals surface area contributed by atoms with Gasteiger partial charge in [-0.1, -0.05) is 11.6 Å². The molecule has 0 saturated carbocycles. The molecule has 1 fully saturated rings. The first kappa shape index (κ1) is 19.9. The molecule has 1 atom stereocenters. The summed E-state index contributed by atoms with van der Waals surface area (Å²) in [6.07, 6.45) is 3.11. The number of nitro groups is 1. The molecular weight excluding hydrogens is 384 g/mol. The number of nitro benzene ring substituents is 1. The quantitative estimate of drug-likeness (QED) is 0.513. The van der Waals surface area contributed by atoms with Crippen LogP contribution in [0.1, 0.15) is 36.5 Å². The molecule has 0 radical (unpaired) electrons. The minimum atomic E-state index is -0.566. The lowest BCUT2D eigenvalue weighted by molar-refractivity contribution is -0.385. The second-order valence-electron chi connectivity index (χ2n) is 6.68. The zero-order chi connectivity index (χ0) is 20.3. The molecule has 2 aromatic carbocycles. The second kappa shape index (κ2) is 8.48. The van der Waals surface area contributed by atoms with Gasteiger partial charge in [0, 0.05) is 29.2 Å². The van der Waals surface area contributed by atoms with Gasteiger partial charge in [0.15, 0.2) is 11.5 Å². The van der Waals surface area contributed by atoms with Crippen molar-refractivity contribution in [2.75, 3.05) is 13.7 Å². The summed E-state index contributed by atoms with van der Waals surface area (Å²) in [6.45, 7) is 2.78. The third-order valence-electron chi connectivity index (χ3n) is 4.81. The summed E-state index contributed by atoms with van der Waals surface area (Å²) in [4.78, 5) is 25.4. The SMILES string of the molecule is COc1cc(C(=O)N2CCCCC2C)ccc1Oc1ccc(Cl)cc1[N+](=O)[O-]. The van der Waals surface area contributed by atoms with Crippen LogP contribution >= 0.6 is 11.6 Å². The Balaban J connectivity index is 1.88. The minimum Gasteiger partial charge on any atom is -0.493 e. The number of methoxy groups -OCH3 is 1. The van der Waals surface area contributed by atoms with Crippen molar-refractivity contribution in [2.45, 2.75) is 32.2 Å². The molecule has 2 aromatic rings. The fraction of sp³-hybridized carbons (Fsp3) is 0.350. The molecule has 1 aliphatic heterocycles. The molecule has 7 nitrogen and oxygen atoms in total. The maximum absolute atomic E-state index is 12.9. The summed E-state index contributed by atoms with van der Waals surface area (Å²) in [5.74, 6) is 0.571. The van der Waals surface area contributed by atoms with Crippen molar-refractivity contribution < 1.29 is 19.2 Å². The molecule has 1 aliphatic rings. The lowest BCUT2D eigenvalue weighted by Gasteiger charge is -2.33. The number of likely N-dealkylation sites (tertiary alicyclic amines) is 1. The number of hydrogen-bond acceptors (Lipinski definition) is 5. The van der Waals surface area contributed by atoms with E-state index in [9.17, 15) is 14.9 Å². The molecule has 3 rings (SSSR count). The van der Waals surface area contributed by atoms with E-state index in [0.29, 0.717) is 11.3 Å². The zero-order valence-corrected chi connectivity index (χ0v) is 16.4. The number of carbonyl (C=O) groups is 1. The fourth-order valence-corrected chi connectivity index (χ4v) is 3.45. The van der Waals surface area contributed by atoms with Gasteiger partial charge in [-0.25, -0.2) is 0 Å². The number of piperidine rings is 1. The van der Waals surface area contributed by atoms with Gasteiger partial charge < -0.3 is 14.4 Å². The highest BCUT2D eigenvalue weighted by Gasteiger charge is 2.25. The third-order valence-corrected chi connectivity index (χ3v) is 5.05. The Kier molecular flexibility index (Phi) is 6.04. The average Bonchev–Trinajstić information content (AvgIpc) is 2.69. The highest BCUT2D eigenvalue weighted by Crippen LogP contribution is 2.38. The first-order valence-electron chi connectivity index (χ1n) is 9.01. The summed E-state index contributed by atoms with van der Waals surface area (Å²) in [5, 5.41) is 11.5. The molecule has 1 heterocycles. The normalized spacial score (nSPS) is 16.5. The summed E-state index contributed by atoms with van der Waals surface area (Å²) in [5.41, 5.74) is 0.236. The van der Waals surface area contributed by atoms with Crippen molar-refractivity contribution in [3.63, 3.8) is 0 Å². The second-order valence-corrected chi connectivity index (χ2v) is 7.12. The van der Waals surface area contributed by atoms with Crippen LogP contribution < -0.4 is 9.47 Å². The molecule has 28 heavy (non-hydrogen) atoms. The van der Waals surface area contributed by atoms with E-state index in [0.717, 1.165) is 25.8 Å². The third kappa shape index (κ3) is 4.20. The Morgan fingerprint density at radius 3 is 2.61 bits per heavy atom. The maximum Gasteiger partial charge on any atom is 0.313 e. The van der Waals surface area contributed by atoms with E-state index in [4.69, 9.17) is 21.1 Å². The van der Waals surface area contributed by atoms with E-state index in [1.54, 1.807) is 18.2 Å². The molecule has 1 unspecified atom stereocenters. The van der Waals surface area contributed by atoms with E-state index < -0.39 is 4.92 Å². The molecule has 0 N–H and O–H groups in total. The van der Waals surface area contributed by atoms with Crippen molar-refractivity contribution in [2.24, 2.45) is 0 Å². The van der Waals surface area contributed by atoms with Crippen LogP contribution in [0.5, 0.6) is 17.2 Å². The number of carbonyl (C=O) groups excluding carboxylic acids is 1. The average molecular weight is 405 g/mol. The smallest absolute Gasteiger partial charge is 0.313 e. The summed E-state index contributed by atoms with van der Waals surface area (Å²) in [7, 11) is 1.45. The molecule has 0 bridgehead atoms. The van der Waals surface area contributed by atoms with Gasteiger partial charge in [-0.2, -0.15) is 0 Å². The molecule has 8 heteroatoms.